The van der Waals surface area contributed by atoms with Gasteiger partial charge in [-0.05, 0) is 12.5 Å². The molecule has 25 heavy (non-hydrogen) atoms. The van der Waals surface area contributed by atoms with E-state index in [1.54, 1.807) is 17.9 Å². The second kappa shape index (κ2) is 7.32. The normalized spacial score (nSPS) is 12.0. The Labute approximate surface area is 146 Å². The number of rotatable bonds is 5. The minimum Gasteiger partial charge on any atom is -0.387 e. The number of benzene rings is 2. The molecular formula is C20H21N3O2. The molecule has 3 rings (SSSR count). The summed E-state index contributed by atoms with van der Waals surface area (Å²) in [5.41, 5.74) is 3.91. The molecule has 5 nitrogen and oxygen atoms in total. The zero-order valence-electron chi connectivity index (χ0n) is 14.3. The van der Waals surface area contributed by atoms with E-state index in [1.165, 1.54) is 0 Å². The first-order valence-electron chi connectivity index (χ1n) is 8.16. The summed E-state index contributed by atoms with van der Waals surface area (Å²) >= 11 is 0. The highest BCUT2D eigenvalue weighted by Gasteiger charge is 2.18. The maximum absolute atomic E-state index is 12.6. The minimum absolute atomic E-state index is 0.144. The maximum atomic E-state index is 12.6. The summed E-state index contributed by atoms with van der Waals surface area (Å²) in [7, 11) is 1.78. The molecule has 5 heteroatoms. The molecule has 0 aliphatic rings. The smallest absolute Gasteiger partial charge is 0.255 e. The standard InChI is InChI=1S/C20H21N3O2/c1-14-8-10-15(11-9-14)18(24)12-21-20(25)17-13-23(2)22-19(17)16-6-4-3-5-7-16/h3-11,13,18,24H,12H2,1-2H3,(H,21,25). The molecule has 1 amide bonds. The highest BCUT2D eigenvalue weighted by molar-refractivity contribution is 5.99. The van der Waals surface area contributed by atoms with Crippen molar-refractivity contribution in [2.75, 3.05) is 6.54 Å². The summed E-state index contributed by atoms with van der Waals surface area (Å²) in [5.74, 6) is -0.252. The van der Waals surface area contributed by atoms with Crippen molar-refractivity contribution < 1.29 is 9.90 Å². The van der Waals surface area contributed by atoms with Gasteiger partial charge in [0.05, 0.1) is 11.7 Å². The third-order valence-corrected chi connectivity index (χ3v) is 4.04. The molecule has 0 aliphatic heterocycles. The van der Waals surface area contributed by atoms with Crippen LogP contribution in [0.1, 0.15) is 27.6 Å². The van der Waals surface area contributed by atoms with E-state index in [2.05, 4.69) is 10.4 Å². The number of aliphatic hydroxyl groups is 1. The van der Waals surface area contributed by atoms with Crippen LogP contribution >= 0.6 is 0 Å². The van der Waals surface area contributed by atoms with E-state index in [4.69, 9.17) is 0 Å². The van der Waals surface area contributed by atoms with Crippen LogP contribution in [0, 0.1) is 6.92 Å². The lowest BCUT2D eigenvalue weighted by Gasteiger charge is -2.12. The van der Waals surface area contributed by atoms with Gasteiger partial charge in [-0.2, -0.15) is 5.10 Å². The van der Waals surface area contributed by atoms with Crippen molar-refractivity contribution in [2.24, 2.45) is 7.05 Å². The minimum atomic E-state index is -0.749. The zero-order chi connectivity index (χ0) is 17.8. The number of nitrogens with zero attached hydrogens (tertiary/aromatic N) is 2. The molecule has 0 aliphatic carbocycles. The number of hydrogen-bond acceptors (Lipinski definition) is 3. The molecule has 0 fully saturated rings. The molecule has 1 atom stereocenters. The molecule has 2 aromatic carbocycles. The fourth-order valence-electron chi connectivity index (χ4n) is 2.65. The Morgan fingerprint density at radius 2 is 1.84 bits per heavy atom. The second-order valence-electron chi connectivity index (χ2n) is 6.07. The van der Waals surface area contributed by atoms with Crippen molar-refractivity contribution in [3.63, 3.8) is 0 Å². The van der Waals surface area contributed by atoms with Gasteiger partial charge in [0.1, 0.15) is 5.69 Å². The first-order valence-corrected chi connectivity index (χ1v) is 8.16. The molecule has 0 radical (unpaired) electrons. The quantitative estimate of drug-likeness (QED) is 0.753. The number of aliphatic hydroxyl groups excluding tert-OH is 1. The van der Waals surface area contributed by atoms with Crippen LogP contribution in [0.2, 0.25) is 0 Å². The number of nitrogens with one attached hydrogen (secondary N) is 1. The lowest BCUT2D eigenvalue weighted by molar-refractivity contribution is 0.0917. The fourth-order valence-corrected chi connectivity index (χ4v) is 2.65. The Morgan fingerprint density at radius 3 is 2.52 bits per heavy atom. The first-order chi connectivity index (χ1) is 12.0. The van der Waals surface area contributed by atoms with Crippen LogP contribution in [-0.4, -0.2) is 27.3 Å². The van der Waals surface area contributed by atoms with Gasteiger partial charge in [0.25, 0.3) is 5.91 Å². The summed E-state index contributed by atoms with van der Waals surface area (Å²) in [6.45, 7) is 2.14. The van der Waals surface area contributed by atoms with Crippen LogP contribution in [0.3, 0.4) is 0 Å². The molecule has 1 heterocycles. The van der Waals surface area contributed by atoms with Crippen LogP contribution in [0.4, 0.5) is 0 Å². The molecule has 1 aromatic heterocycles. The molecular weight excluding hydrogens is 314 g/mol. The van der Waals surface area contributed by atoms with Gasteiger partial charge >= 0.3 is 0 Å². The highest BCUT2D eigenvalue weighted by atomic mass is 16.3. The number of aromatic nitrogens is 2. The summed E-state index contributed by atoms with van der Waals surface area (Å²) in [4.78, 5) is 12.6. The largest absolute Gasteiger partial charge is 0.387 e. The van der Waals surface area contributed by atoms with Gasteiger partial charge in [-0.25, -0.2) is 0 Å². The Hall–Kier alpha value is -2.92. The predicted molar refractivity (Wildman–Crippen MR) is 97.1 cm³/mol. The summed E-state index contributed by atoms with van der Waals surface area (Å²) in [6, 6.07) is 17.2. The number of carbonyl (C=O) groups is 1. The van der Waals surface area contributed by atoms with E-state index in [9.17, 15) is 9.90 Å². The van der Waals surface area contributed by atoms with Crippen LogP contribution in [0.15, 0.2) is 60.8 Å². The van der Waals surface area contributed by atoms with E-state index in [-0.39, 0.29) is 12.5 Å². The van der Waals surface area contributed by atoms with Gasteiger partial charge in [0.2, 0.25) is 0 Å². The molecule has 0 saturated carbocycles. The lowest BCUT2D eigenvalue weighted by atomic mass is 10.1. The Bertz CT molecular complexity index is 854. The third-order valence-electron chi connectivity index (χ3n) is 4.04. The second-order valence-corrected chi connectivity index (χ2v) is 6.07. The number of carbonyl (C=O) groups excluding carboxylic acids is 1. The molecule has 3 aromatic rings. The molecule has 0 saturated heterocycles. The van der Waals surface area contributed by atoms with Gasteiger partial charge < -0.3 is 10.4 Å². The Kier molecular flexibility index (Phi) is 4.95. The van der Waals surface area contributed by atoms with Crippen molar-refractivity contribution in [2.45, 2.75) is 13.0 Å². The molecule has 2 N–H and O–H groups in total. The molecule has 0 spiro atoms. The molecule has 128 valence electrons. The van der Waals surface area contributed by atoms with E-state index in [0.717, 1.165) is 16.7 Å². The predicted octanol–water partition coefficient (Wildman–Crippen LogP) is 2.86. The summed E-state index contributed by atoms with van der Waals surface area (Å²) in [6.07, 6.45) is 0.942. The van der Waals surface area contributed by atoms with E-state index in [1.807, 2.05) is 61.5 Å². The average Bonchev–Trinajstić information content (AvgIpc) is 3.02. The zero-order valence-corrected chi connectivity index (χ0v) is 14.3. The van der Waals surface area contributed by atoms with E-state index in [0.29, 0.717) is 11.3 Å². The van der Waals surface area contributed by atoms with Crippen molar-refractivity contribution in [1.82, 2.24) is 15.1 Å². The van der Waals surface area contributed by atoms with Gasteiger partial charge in [-0.1, -0.05) is 60.2 Å². The van der Waals surface area contributed by atoms with Crippen LogP contribution in [0.5, 0.6) is 0 Å². The lowest BCUT2D eigenvalue weighted by Crippen LogP contribution is -2.28. The topological polar surface area (TPSA) is 67.2 Å². The maximum Gasteiger partial charge on any atom is 0.255 e. The Morgan fingerprint density at radius 1 is 1.16 bits per heavy atom. The number of aryl methyl sites for hydroxylation is 2. The van der Waals surface area contributed by atoms with Gasteiger partial charge in [0, 0.05) is 25.4 Å². The number of hydrogen-bond donors (Lipinski definition) is 2. The van der Waals surface area contributed by atoms with Crippen LogP contribution in [-0.2, 0) is 7.05 Å². The summed E-state index contributed by atoms with van der Waals surface area (Å²) in [5, 5.41) is 17.4. The number of amides is 1. The highest BCUT2D eigenvalue weighted by Crippen LogP contribution is 2.21. The van der Waals surface area contributed by atoms with Crippen LogP contribution < -0.4 is 5.32 Å². The van der Waals surface area contributed by atoms with Crippen molar-refractivity contribution in [3.8, 4) is 11.3 Å². The van der Waals surface area contributed by atoms with Gasteiger partial charge in [0.15, 0.2) is 0 Å². The molecule has 0 bridgehead atoms. The van der Waals surface area contributed by atoms with Crippen molar-refractivity contribution in [1.29, 1.82) is 0 Å². The average molecular weight is 335 g/mol. The third kappa shape index (κ3) is 3.95. The van der Waals surface area contributed by atoms with E-state index >= 15 is 0 Å². The SMILES string of the molecule is Cc1ccc(C(O)CNC(=O)c2cn(C)nc2-c2ccccc2)cc1. The Balaban J connectivity index is 1.73. The monoisotopic (exact) mass is 335 g/mol. The van der Waals surface area contributed by atoms with Crippen molar-refractivity contribution in [3.05, 3.63) is 77.5 Å². The van der Waals surface area contributed by atoms with E-state index < -0.39 is 6.10 Å². The van der Waals surface area contributed by atoms with Crippen LogP contribution in [0.25, 0.3) is 11.3 Å². The van der Waals surface area contributed by atoms with Gasteiger partial charge in [-0.3, -0.25) is 9.48 Å². The fraction of sp³-hybridized carbons (Fsp3) is 0.200. The first kappa shape index (κ1) is 16.9. The van der Waals surface area contributed by atoms with Crippen molar-refractivity contribution >= 4 is 5.91 Å². The summed E-state index contributed by atoms with van der Waals surface area (Å²) < 4.78 is 1.62. The van der Waals surface area contributed by atoms with Gasteiger partial charge in [-0.15, -0.1) is 0 Å². The molecule has 1 unspecified atom stereocenters.